The third-order valence-electron chi connectivity index (χ3n) is 5.58. The molecule has 2 saturated heterocycles. The van der Waals surface area contributed by atoms with Gasteiger partial charge >= 0.3 is 0 Å². The Morgan fingerprint density at radius 3 is 2.46 bits per heavy atom. The Hall–Kier alpha value is -1.60. The predicted molar refractivity (Wildman–Crippen MR) is 104 cm³/mol. The van der Waals surface area contributed by atoms with Gasteiger partial charge in [-0.3, -0.25) is 9.10 Å². The summed E-state index contributed by atoms with van der Waals surface area (Å²) in [5.74, 6) is 0.144. The number of benzene rings is 1. The van der Waals surface area contributed by atoms with E-state index in [0.29, 0.717) is 30.3 Å². The molecular weight excluding hydrogens is 350 g/mol. The van der Waals surface area contributed by atoms with Crippen LogP contribution in [0, 0.1) is 0 Å². The Balaban J connectivity index is 1.71. The molecule has 0 spiro atoms. The lowest BCUT2D eigenvalue weighted by molar-refractivity contribution is 0.0615. The second kappa shape index (κ2) is 7.56. The number of carbonyl (C=O) groups is 1. The highest BCUT2D eigenvalue weighted by atomic mass is 32.2. The summed E-state index contributed by atoms with van der Waals surface area (Å²) < 4.78 is 25.7. The van der Waals surface area contributed by atoms with E-state index in [-0.39, 0.29) is 17.7 Å². The summed E-state index contributed by atoms with van der Waals surface area (Å²) >= 11 is 0. The smallest absolute Gasteiger partial charge is 0.253 e. The van der Waals surface area contributed by atoms with Crippen LogP contribution in [-0.4, -0.2) is 68.6 Å². The van der Waals surface area contributed by atoms with Crippen molar-refractivity contribution in [3.8, 4) is 0 Å². The molecule has 0 aromatic heterocycles. The second-order valence-electron chi connectivity index (χ2n) is 7.57. The van der Waals surface area contributed by atoms with Gasteiger partial charge in [0.25, 0.3) is 5.91 Å². The van der Waals surface area contributed by atoms with Gasteiger partial charge in [-0.25, -0.2) is 8.42 Å². The van der Waals surface area contributed by atoms with Crippen molar-refractivity contribution < 1.29 is 13.2 Å². The first-order valence-corrected chi connectivity index (χ1v) is 11.0. The first kappa shape index (κ1) is 19.2. The van der Waals surface area contributed by atoms with Crippen molar-refractivity contribution in [1.82, 2.24) is 9.80 Å². The van der Waals surface area contributed by atoms with Crippen LogP contribution < -0.4 is 4.31 Å². The lowest BCUT2D eigenvalue weighted by Gasteiger charge is -2.38. The summed E-state index contributed by atoms with van der Waals surface area (Å²) in [5, 5.41) is 0. The molecular formula is C19H29N3O3S. The summed E-state index contributed by atoms with van der Waals surface area (Å²) in [4.78, 5) is 17.2. The lowest BCUT2D eigenvalue weighted by Crippen LogP contribution is -2.47. The largest absolute Gasteiger partial charge is 0.339 e. The quantitative estimate of drug-likeness (QED) is 0.804. The Bertz CT molecular complexity index is 755. The average molecular weight is 380 g/mol. The molecule has 1 aromatic carbocycles. The van der Waals surface area contributed by atoms with Crippen LogP contribution in [0.1, 0.15) is 43.5 Å². The number of carbonyl (C=O) groups excluding carboxylic acids is 1. The van der Waals surface area contributed by atoms with Gasteiger partial charge in [0, 0.05) is 44.3 Å². The maximum Gasteiger partial charge on any atom is 0.253 e. The summed E-state index contributed by atoms with van der Waals surface area (Å²) in [7, 11) is -1.38. The highest BCUT2D eigenvalue weighted by molar-refractivity contribution is 7.93. The normalized spacial score (nSPS) is 21.3. The van der Waals surface area contributed by atoms with Gasteiger partial charge in [-0.2, -0.15) is 0 Å². The topological polar surface area (TPSA) is 60.9 Å². The van der Waals surface area contributed by atoms with Crippen molar-refractivity contribution in [3.05, 3.63) is 29.8 Å². The fourth-order valence-corrected chi connectivity index (χ4v) is 5.44. The lowest BCUT2D eigenvalue weighted by atomic mass is 10.0. The Kier molecular flexibility index (Phi) is 5.58. The van der Waals surface area contributed by atoms with Crippen molar-refractivity contribution in [2.75, 3.05) is 36.7 Å². The van der Waals surface area contributed by atoms with E-state index in [0.717, 1.165) is 25.9 Å². The van der Waals surface area contributed by atoms with E-state index >= 15 is 0 Å². The highest BCUT2D eigenvalue weighted by Gasteiger charge is 2.30. The Morgan fingerprint density at radius 2 is 1.88 bits per heavy atom. The van der Waals surface area contributed by atoms with Crippen molar-refractivity contribution in [2.45, 2.75) is 45.2 Å². The minimum absolute atomic E-state index is 0.0357. The summed E-state index contributed by atoms with van der Waals surface area (Å²) in [6.45, 7) is 6.90. The number of rotatable bonds is 4. The third-order valence-corrected chi connectivity index (χ3v) is 7.45. The van der Waals surface area contributed by atoms with Gasteiger partial charge < -0.3 is 9.80 Å². The van der Waals surface area contributed by atoms with Crippen LogP contribution in [0.5, 0.6) is 0 Å². The van der Waals surface area contributed by atoms with Gasteiger partial charge in [-0.15, -0.1) is 0 Å². The molecule has 2 fully saturated rings. The molecule has 0 N–H and O–H groups in total. The molecule has 1 aromatic rings. The van der Waals surface area contributed by atoms with E-state index in [1.165, 1.54) is 4.31 Å². The molecule has 26 heavy (non-hydrogen) atoms. The zero-order chi connectivity index (χ0) is 18.9. The highest BCUT2D eigenvalue weighted by Crippen LogP contribution is 2.26. The van der Waals surface area contributed by atoms with Crippen LogP contribution >= 0.6 is 0 Å². The Morgan fingerprint density at radius 1 is 1.19 bits per heavy atom. The van der Waals surface area contributed by atoms with Crippen LogP contribution in [0.15, 0.2) is 24.3 Å². The molecule has 2 heterocycles. The SMILES string of the molecule is CC(C)N1CCC(N(C)C(=O)c2cccc(N3CCCS3(=O)=O)c2)CC1. The Labute approximate surface area is 156 Å². The van der Waals surface area contributed by atoms with E-state index in [9.17, 15) is 13.2 Å². The molecule has 0 saturated carbocycles. The van der Waals surface area contributed by atoms with Gasteiger partial charge in [0.2, 0.25) is 10.0 Å². The fraction of sp³-hybridized carbons (Fsp3) is 0.632. The van der Waals surface area contributed by atoms with E-state index in [1.807, 2.05) is 11.9 Å². The van der Waals surface area contributed by atoms with Crippen LogP contribution in [0.2, 0.25) is 0 Å². The predicted octanol–water partition coefficient (Wildman–Crippen LogP) is 2.17. The molecule has 6 nitrogen and oxygen atoms in total. The molecule has 7 heteroatoms. The number of amides is 1. The minimum Gasteiger partial charge on any atom is -0.339 e. The molecule has 1 amide bonds. The van der Waals surface area contributed by atoms with E-state index in [4.69, 9.17) is 0 Å². The maximum absolute atomic E-state index is 12.9. The van der Waals surface area contributed by atoms with Crippen LogP contribution in [0.4, 0.5) is 5.69 Å². The van der Waals surface area contributed by atoms with Gasteiger partial charge in [0.15, 0.2) is 0 Å². The zero-order valence-corrected chi connectivity index (χ0v) is 16.7. The van der Waals surface area contributed by atoms with Crippen molar-refractivity contribution in [3.63, 3.8) is 0 Å². The van der Waals surface area contributed by atoms with Gasteiger partial charge in [-0.1, -0.05) is 6.07 Å². The monoisotopic (exact) mass is 379 g/mol. The molecule has 144 valence electrons. The second-order valence-corrected chi connectivity index (χ2v) is 9.58. The number of hydrogen-bond donors (Lipinski definition) is 0. The molecule has 0 atom stereocenters. The van der Waals surface area contributed by atoms with E-state index < -0.39 is 10.0 Å². The van der Waals surface area contributed by atoms with Crippen LogP contribution in [0.25, 0.3) is 0 Å². The molecule has 0 aliphatic carbocycles. The zero-order valence-electron chi connectivity index (χ0n) is 15.9. The number of nitrogens with zero attached hydrogens (tertiary/aromatic N) is 3. The van der Waals surface area contributed by atoms with Crippen LogP contribution in [-0.2, 0) is 10.0 Å². The summed E-state index contributed by atoms with van der Waals surface area (Å²) in [5.41, 5.74) is 1.15. The summed E-state index contributed by atoms with van der Waals surface area (Å²) in [6.07, 6.45) is 2.58. The number of sulfonamides is 1. The maximum atomic E-state index is 12.9. The first-order chi connectivity index (χ1) is 12.3. The summed E-state index contributed by atoms with van der Waals surface area (Å²) in [6, 6.07) is 7.79. The van der Waals surface area contributed by atoms with Crippen LogP contribution in [0.3, 0.4) is 0 Å². The number of likely N-dealkylation sites (tertiary alicyclic amines) is 1. The number of piperidine rings is 1. The van der Waals surface area contributed by atoms with Gasteiger partial charge in [-0.05, 0) is 51.3 Å². The molecule has 2 aliphatic rings. The van der Waals surface area contributed by atoms with Crippen molar-refractivity contribution >= 4 is 21.6 Å². The fourth-order valence-electron chi connectivity index (χ4n) is 3.88. The average Bonchev–Trinajstić information content (AvgIpc) is 2.99. The molecule has 0 bridgehead atoms. The number of anilines is 1. The van der Waals surface area contributed by atoms with E-state index in [2.05, 4.69) is 18.7 Å². The molecule has 0 unspecified atom stereocenters. The molecule has 3 rings (SSSR count). The first-order valence-electron chi connectivity index (χ1n) is 9.41. The van der Waals surface area contributed by atoms with E-state index in [1.54, 1.807) is 24.3 Å². The molecule has 0 radical (unpaired) electrons. The number of hydrogen-bond acceptors (Lipinski definition) is 4. The van der Waals surface area contributed by atoms with Crippen molar-refractivity contribution in [1.29, 1.82) is 0 Å². The molecule has 2 aliphatic heterocycles. The minimum atomic E-state index is -3.23. The van der Waals surface area contributed by atoms with Gasteiger partial charge in [0.1, 0.15) is 0 Å². The standard InChI is InChI=1S/C19H29N3O3S/c1-15(2)21-11-8-17(9-12-21)20(3)19(23)16-6-4-7-18(14-16)22-10-5-13-26(22,24)25/h4,6-7,14-15,17H,5,8-13H2,1-3H3. The van der Waals surface area contributed by atoms with Gasteiger partial charge in [0.05, 0.1) is 11.4 Å². The van der Waals surface area contributed by atoms with Crippen molar-refractivity contribution in [2.24, 2.45) is 0 Å². The third kappa shape index (κ3) is 3.88.